The quantitative estimate of drug-likeness (QED) is 0.857. The Morgan fingerprint density at radius 3 is 2.26 bits per heavy atom. The molecular formula is C13H17F4NO. The molecule has 19 heavy (non-hydrogen) atoms. The highest BCUT2D eigenvalue weighted by Gasteiger charge is 2.34. The largest absolute Gasteiger partial charge is 0.419 e. The standard InChI is InChI=1S/C13H17F4NO/c1-12(2,3)19-7-11(18)8-4-5-10(14)9(6-8)13(15,16)17/h4-6,11H,7,18H2,1-3H3. The first-order chi connectivity index (χ1) is 8.50. The van der Waals surface area contributed by atoms with Gasteiger partial charge >= 0.3 is 6.18 Å². The Bertz CT molecular complexity index is 437. The summed E-state index contributed by atoms with van der Waals surface area (Å²) in [6.07, 6.45) is -4.73. The molecule has 6 heteroatoms. The molecule has 1 aromatic rings. The predicted octanol–water partition coefficient (Wildman–Crippen LogP) is 3.66. The van der Waals surface area contributed by atoms with Crippen LogP contribution in [0.4, 0.5) is 17.6 Å². The molecule has 0 aliphatic heterocycles. The average molecular weight is 279 g/mol. The lowest BCUT2D eigenvalue weighted by atomic mass is 10.0. The van der Waals surface area contributed by atoms with E-state index in [4.69, 9.17) is 10.5 Å². The van der Waals surface area contributed by atoms with Crippen LogP contribution in [0.15, 0.2) is 18.2 Å². The van der Waals surface area contributed by atoms with Crippen molar-refractivity contribution in [3.63, 3.8) is 0 Å². The number of benzene rings is 1. The van der Waals surface area contributed by atoms with E-state index in [1.165, 1.54) is 6.07 Å². The molecule has 0 saturated carbocycles. The van der Waals surface area contributed by atoms with E-state index in [-0.39, 0.29) is 12.2 Å². The number of halogens is 4. The molecule has 1 aromatic carbocycles. The molecule has 1 atom stereocenters. The highest BCUT2D eigenvalue weighted by atomic mass is 19.4. The van der Waals surface area contributed by atoms with Crippen LogP contribution in [0.1, 0.15) is 37.9 Å². The van der Waals surface area contributed by atoms with Crippen molar-refractivity contribution in [1.29, 1.82) is 0 Å². The zero-order valence-electron chi connectivity index (χ0n) is 11.0. The molecule has 0 amide bonds. The van der Waals surface area contributed by atoms with Crippen molar-refractivity contribution in [1.82, 2.24) is 0 Å². The van der Waals surface area contributed by atoms with Crippen LogP contribution in [0.5, 0.6) is 0 Å². The van der Waals surface area contributed by atoms with Gasteiger partial charge in [-0.1, -0.05) is 6.07 Å². The van der Waals surface area contributed by atoms with Crippen LogP contribution in [-0.4, -0.2) is 12.2 Å². The normalized spacial score (nSPS) is 14.5. The Morgan fingerprint density at radius 1 is 1.21 bits per heavy atom. The van der Waals surface area contributed by atoms with Crippen molar-refractivity contribution in [2.75, 3.05) is 6.61 Å². The van der Waals surface area contributed by atoms with Gasteiger partial charge in [0.1, 0.15) is 5.82 Å². The van der Waals surface area contributed by atoms with E-state index in [0.717, 1.165) is 12.1 Å². The highest BCUT2D eigenvalue weighted by Crippen LogP contribution is 2.32. The Hall–Kier alpha value is -1.14. The third-order valence-corrected chi connectivity index (χ3v) is 2.42. The molecule has 0 fully saturated rings. The zero-order valence-corrected chi connectivity index (χ0v) is 11.0. The van der Waals surface area contributed by atoms with E-state index in [9.17, 15) is 17.6 Å². The number of hydrogen-bond acceptors (Lipinski definition) is 2. The summed E-state index contributed by atoms with van der Waals surface area (Å²) in [5, 5.41) is 0. The third kappa shape index (κ3) is 4.80. The molecule has 0 spiro atoms. The van der Waals surface area contributed by atoms with Crippen LogP contribution in [0.25, 0.3) is 0 Å². The van der Waals surface area contributed by atoms with Crippen molar-refractivity contribution < 1.29 is 22.3 Å². The number of nitrogens with two attached hydrogens (primary N) is 1. The minimum Gasteiger partial charge on any atom is -0.374 e. The first-order valence-corrected chi connectivity index (χ1v) is 5.77. The number of hydrogen-bond donors (Lipinski definition) is 1. The summed E-state index contributed by atoms with van der Waals surface area (Å²) in [5.41, 5.74) is 4.19. The Labute approximate surface area is 109 Å². The zero-order chi connectivity index (χ0) is 14.8. The fourth-order valence-electron chi connectivity index (χ4n) is 1.43. The van der Waals surface area contributed by atoms with Crippen molar-refractivity contribution in [2.45, 2.75) is 38.6 Å². The van der Waals surface area contributed by atoms with Crippen LogP contribution < -0.4 is 5.73 Å². The molecule has 0 aliphatic rings. The monoisotopic (exact) mass is 279 g/mol. The molecule has 0 saturated heterocycles. The summed E-state index contributed by atoms with van der Waals surface area (Å²) in [5.74, 6) is -1.31. The number of ether oxygens (including phenoxy) is 1. The molecule has 2 N–H and O–H groups in total. The van der Waals surface area contributed by atoms with Gasteiger partial charge in [-0.25, -0.2) is 4.39 Å². The van der Waals surface area contributed by atoms with E-state index in [2.05, 4.69) is 0 Å². The maximum Gasteiger partial charge on any atom is 0.419 e. The van der Waals surface area contributed by atoms with Crippen LogP contribution in [0, 0.1) is 5.82 Å². The molecule has 0 radical (unpaired) electrons. The van der Waals surface area contributed by atoms with Gasteiger partial charge in [-0.2, -0.15) is 13.2 Å². The molecule has 0 bridgehead atoms. The summed E-state index contributed by atoms with van der Waals surface area (Å²) in [6, 6.07) is 2.00. The Balaban J connectivity index is 2.90. The SMILES string of the molecule is CC(C)(C)OCC(N)c1ccc(F)c(C(F)(F)F)c1. The van der Waals surface area contributed by atoms with Crippen LogP contribution in [-0.2, 0) is 10.9 Å². The van der Waals surface area contributed by atoms with Gasteiger partial charge in [0.15, 0.2) is 0 Å². The van der Waals surface area contributed by atoms with E-state index in [1.807, 2.05) is 20.8 Å². The van der Waals surface area contributed by atoms with Crippen LogP contribution >= 0.6 is 0 Å². The van der Waals surface area contributed by atoms with E-state index in [1.54, 1.807) is 0 Å². The van der Waals surface area contributed by atoms with Gasteiger partial charge in [-0.05, 0) is 38.5 Å². The van der Waals surface area contributed by atoms with Gasteiger partial charge in [0.2, 0.25) is 0 Å². The third-order valence-electron chi connectivity index (χ3n) is 2.42. The van der Waals surface area contributed by atoms with E-state index < -0.39 is 29.2 Å². The molecule has 108 valence electrons. The Morgan fingerprint density at radius 2 is 1.79 bits per heavy atom. The molecule has 1 rings (SSSR count). The molecule has 0 aliphatic carbocycles. The summed E-state index contributed by atoms with van der Waals surface area (Å²) >= 11 is 0. The minimum absolute atomic E-state index is 0.0619. The van der Waals surface area contributed by atoms with Crippen molar-refractivity contribution in [3.05, 3.63) is 35.1 Å². The lowest BCUT2D eigenvalue weighted by Crippen LogP contribution is -2.26. The second kappa shape index (κ2) is 5.46. The second-order valence-corrected chi connectivity index (χ2v) is 5.27. The van der Waals surface area contributed by atoms with E-state index >= 15 is 0 Å². The number of rotatable bonds is 3. The lowest BCUT2D eigenvalue weighted by Gasteiger charge is -2.23. The van der Waals surface area contributed by atoms with Crippen LogP contribution in [0.3, 0.4) is 0 Å². The smallest absolute Gasteiger partial charge is 0.374 e. The summed E-state index contributed by atoms with van der Waals surface area (Å²) < 4.78 is 56.2. The van der Waals surface area contributed by atoms with Gasteiger partial charge in [0.05, 0.1) is 23.8 Å². The van der Waals surface area contributed by atoms with Gasteiger partial charge in [0, 0.05) is 0 Å². The maximum absolute atomic E-state index is 13.1. The minimum atomic E-state index is -4.73. The second-order valence-electron chi connectivity index (χ2n) is 5.27. The van der Waals surface area contributed by atoms with E-state index in [0.29, 0.717) is 0 Å². The van der Waals surface area contributed by atoms with Gasteiger partial charge in [-0.3, -0.25) is 0 Å². The lowest BCUT2D eigenvalue weighted by molar-refractivity contribution is -0.140. The molecule has 2 nitrogen and oxygen atoms in total. The van der Waals surface area contributed by atoms with Crippen molar-refractivity contribution in [2.24, 2.45) is 5.73 Å². The topological polar surface area (TPSA) is 35.2 Å². The molecule has 1 unspecified atom stereocenters. The molecule has 0 heterocycles. The van der Waals surface area contributed by atoms with Crippen molar-refractivity contribution in [3.8, 4) is 0 Å². The average Bonchev–Trinajstić information content (AvgIpc) is 2.24. The summed E-state index contributed by atoms with van der Waals surface area (Å²) in [7, 11) is 0. The van der Waals surface area contributed by atoms with Gasteiger partial charge in [0.25, 0.3) is 0 Å². The Kier molecular flexibility index (Phi) is 4.58. The number of alkyl halides is 3. The first kappa shape index (κ1) is 15.9. The summed E-state index contributed by atoms with van der Waals surface area (Å²) in [6.45, 7) is 5.50. The molecular weight excluding hydrogens is 262 g/mol. The van der Waals surface area contributed by atoms with Crippen LogP contribution in [0.2, 0.25) is 0 Å². The fourth-order valence-corrected chi connectivity index (χ4v) is 1.43. The first-order valence-electron chi connectivity index (χ1n) is 5.77. The van der Waals surface area contributed by atoms with Crippen molar-refractivity contribution >= 4 is 0 Å². The predicted molar refractivity (Wildman–Crippen MR) is 64.0 cm³/mol. The fraction of sp³-hybridized carbons (Fsp3) is 0.538. The van der Waals surface area contributed by atoms with Gasteiger partial charge in [-0.15, -0.1) is 0 Å². The molecule has 0 aromatic heterocycles. The summed E-state index contributed by atoms with van der Waals surface area (Å²) in [4.78, 5) is 0. The highest BCUT2D eigenvalue weighted by molar-refractivity contribution is 5.29. The maximum atomic E-state index is 13.1. The van der Waals surface area contributed by atoms with Gasteiger partial charge < -0.3 is 10.5 Å².